The van der Waals surface area contributed by atoms with Crippen molar-refractivity contribution in [2.24, 2.45) is 0 Å². The lowest BCUT2D eigenvalue weighted by Crippen LogP contribution is -2.14. The van der Waals surface area contributed by atoms with Crippen LogP contribution in [0.5, 0.6) is 0 Å². The zero-order valence-corrected chi connectivity index (χ0v) is 10.3. The molecule has 2 aromatic heterocycles. The molecular weight excluding hydrogens is 256 g/mol. The maximum absolute atomic E-state index is 9.09. The van der Waals surface area contributed by atoms with Gasteiger partial charge in [-0.2, -0.15) is 0 Å². The molecule has 2 unspecified atom stereocenters. The molecule has 3 N–H and O–H groups in total. The molecule has 0 aromatic carbocycles. The summed E-state index contributed by atoms with van der Waals surface area (Å²) < 4.78 is 7.56. The first-order valence-electron chi connectivity index (χ1n) is 5.73. The van der Waals surface area contributed by atoms with Crippen LogP contribution in [-0.4, -0.2) is 32.4 Å². The van der Waals surface area contributed by atoms with Gasteiger partial charge in [-0.05, 0) is 12.8 Å². The Hall–Kier alpha value is -1.37. The number of hydrogen-bond donors (Lipinski definition) is 2. The van der Waals surface area contributed by atoms with Crippen LogP contribution in [0.3, 0.4) is 0 Å². The highest BCUT2D eigenvalue weighted by Crippen LogP contribution is 2.35. The van der Waals surface area contributed by atoms with Gasteiger partial charge in [0, 0.05) is 6.20 Å². The zero-order valence-electron chi connectivity index (χ0n) is 9.58. The van der Waals surface area contributed by atoms with Gasteiger partial charge in [-0.25, -0.2) is 9.97 Å². The molecule has 1 aliphatic rings. The van der Waals surface area contributed by atoms with Crippen LogP contribution >= 0.6 is 11.6 Å². The van der Waals surface area contributed by atoms with Crippen molar-refractivity contribution in [3.8, 4) is 0 Å². The van der Waals surface area contributed by atoms with Gasteiger partial charge in [0.15, 0.2) is 0 Å². The van der Waals surface area contributed by atoms with E-state index in [-0.39, 0.29) is 18.9 Å². The second kappa shape index (κ2) is 4.38. The summed E-state index contributed by atoms with van der Waals surface area (Å²) >= 11 is 6.15. The van der Waals surface area contributed by atoms with Crippen LogP contribution < -0.4 is 5.73 Å². The van der Waals surface area contributed by atoms with Gasteiger partial charge in [0.2, 0.25) is 0 Å². The van der Waals surface area contributed by atoms with Crippen molar-refractivity contribution < 1.29 is 9.84 Å². The maximum Gasteiger partial charge on any atom is 0.149 e. The maximum atomic E-state index is 9.09. The van der Waals surface area contributed by atoms with E-state index in [1.165, 1.54) is 6.33 Å². The Morgan fingerprint density at radius 1 is 1.50 bits per heavy atom. The Bertz CT molecular complexity index is 586. The number of nitrogens with zero attached hydrogens (tertiary/aromatic N) is 3. The lowest BCUT2D eigenvalue weighted by Gasteiger charge is -2.14. The smallest absolute Gasteiger partial charge is 0.149 e. The fourth-order valence-corrected chi connectivity index (χ4v) is 2.59. The predicted octanol–water partition coefficient (Wildman–Crippen LogP) is 1.34. The quantitative estimate of drug-likeness (QED) is 0.858. The van der Waals surface area contributed by atoms with Crippen LogP contribution in [0.4, 0.5) is 5.82 Å². The fourth-order valence-electron chi connectivity index (χ4n) is 2.31. The lowest BCUT2D eigenvalue weighted by molar-refractivity contribution is -0.0204. The number of rotatable bonds is 2. The highest BCUT2D eigenvalue weighted by Gasteiger charge is 2.28. The minimum Gasteiger partial charge on any atom is -0.394 e. The number of aliphatic hydroxyl groups excluding tert-OH is 1. The third-order valence-corrected chi connectivity index (χ3v) is 3.48. The van der Waals surface area contributed by atoms with E-state index < -0.39 is 0 Å². The fraction of sp³-hybridized carbons (Fsp3) is 0.455. The third-order valence-electron chi connectivity index (χ3n) is 3.19. The summed E-state index contributed by atoms with van der Waals surface area (Å²) in [5.74, 6) is 0.362. The van der Waals surface area contributed by atoms with Crippen molar-refractivity contribution in [3.63, 3.8) is 0 Å². The van der Waals surface area contributed by atoms with Crippen molar-refractivity contribution in [3.05, 3.63) is 17.5 Å². The Balaban J connectivity index is 2.06. The third kappa shape index (κ3) is 1.73. The zero-order chi connectivity index (χ0) is 12.7. The molecule has 18 heavy (non-hydrogen) atoms. The number of aliphatic hydroxyl groups is 1. The molecule has 0 radical (unpaired) electrons. The number of ether oxygens (including phenoxy) is 1. The van der Waals surface area contributed by atoms with Crippen LogP contribution in [0.15, 0.2) is 12.5 Å². The summed E-state index contributed by atoms with van der Waals surface area (Å²) in [7, 11) is 0. The van der Waals surface area contributed by atoms with Crippen LogP contribution in [-0.2, 0) is 4.74 Å². The molecule has 6 nitrogen and oxygen atoms in total. The van der Waals surface area contributed by atoms with Gasteiger partial charge in [0.25, 0.3) is 0 Å². The van der Waals surface area contributed by atoms with E-state index in [1.807, 2.05) is 4.57 Å². The second-order valence-electron chi connectivity index (χ2n) is 4.31. The highest BCUT2D eigenvalue weighted by atomic mass is 35.5. The molecule has 0 spiro atoms. The number of halogens is 1. The monoisotopic (exact) mass is 268 g/mol. The molecule has 96 valence electrons. The highest BCUT2D eigenvalue weighted by molar-refractivity contribution is 6.36. The molecule has 2 aromatic rings. The van der Waals surface area contributed by atoms with Gasteiger partial charge in [0.05, 0.1) is 23.1 Å². The first kappa shape index (κ1) is 11.7. The summed E-state index contributed by atoms with van der Waals surface area (Å²) in [6.07, 6.45) is 4.51. The first-order valence-corrected chi connectivity index (χ1v) is 6.11. The van der Waals surface area contributed by atoms with Gasteiger partial charge >= 0.3 is 0 Å². The average molecular weight is 269 g/mol. The standard InChI is InChI=1S/C11H13ClN4O2/c12-7-3-16(8-2-1-6(4-17)18-8)11-9(7)10(13)14-5-15-11/h3,5-6,8,17H,1-2,4H2,(H2,13,14,15). The molecule has 3 heterocycles. The Morgan fingerprint density at radius 3 is 3.06 bits per heavy atom. The van der Waals surface area contributed by atoms with Gasteiger partial charge in [-0.3, -0.25) is 0 Å². The summed E-state index contributed by atoms with van der Waals surface area (Å²) in [6, 6.07) is 0. The Kier molecular flexibility index (Phi) is 2.85. The van der Waals surface area contributed by atoms with E-state index in [0.29, 0.717) is 21.9 Å². The van der Waals surface area contributed by atoms with E-state index in [9.17, 15) is 0 Å². The van der Waals surface area contributed by atoms with Crippen LogP contribution in [0.25, 0.3) is 11.0 Å². The average Bonchev–Trinajstić information content (AvgIpc) is 2.94. The van der Waals surface area contributed by atoms with E-state index in [4.69, 9.17) is 27.2 Å². The molecule has 0 bridgehead atoms. The molecule has 0 aliphatic carbocycles. The van der Waals surface area contributed by atoms with Gasteiger partial charge in [0.1, 0.15) is 24.0 Å². The number of fused-ring (bicyclic) bond motifs is 1. The van der Waals surface area contributed by atoms with Crippen molar-refractivity contribution >= 4 is 28.5 Å². The summed E-state index contributed by atoms with van der Waals surface area (Å²) in [4.78, 5) is 8.13. The minimum atomic E-state index is -0.161. The van der Waals surface area contributed by atoms with Gasteiger partial charge < -0.3 is 20.1 Å². The molecule has 0 saturated carbocycles. The van der Waals surface area contributed by atoms with Gasteiger partial charge in [-0.15, -0.1) is 0 Å². The normalized spacial score (nSPS) is 23.9. The van der Waals surface area contributed by atoms with E-state index >= 15 is 0 Å². The summed E-state index contributed by atoms with van der Waals surface area (Å²) in [5.41, 5.74) is 6.46. The topological polar surface area (TPSA) is 86.2 Å². The number of aromatic nitrogens is 3. The van der Waals surface area contributed by atoms with Crippen molar-refractivity contribution in [1.82, 2.24) is 14.5 Å². The summed E-state index contributed by atoms with van der Waals surface area (Å²) in [5, 5.41) is 10.2. The number of nitrogens with two attached hydrogens (primary N) is 1. The molecule has 3 rings (SSSR count). The molecule has 1 saturated heterocycles. The van der Waals surface area contributed by atoms with Crippen molar-refractivity contribution in [2.75, 3.05) is 12.3 Å². The van der Waals surface area contributed by atoms with E-state index in [2.05, 4.69) is 9.97 Å². The number of nitrogen functional groups attached to an aromatic ring is 1. The van der Waals surface area contributed by atoms with Gasteiger partial charge in [-0.1, -0.05) is 11.6 Å². The van der Waals surface area contributed by atoms with E-state index in [0.717, 1.165) is 12.8 Å². The second-order valence-corrected chi connectivity index (χ2v) is 4.72. The molecular formula is C11H13ClN4O2. The van der Waals surface area contributed by atoms with Crippen molar-refractivity contribution in [2.45, 2.75) is 25.2 Å². The van der Waals surface area contributed by atoms with E-state index in [1.54, 1.807) is 6.20 Å². The molecule has 1 aliphatic heterocycles. The Morgan fingerprint density at radius 2 is 2.33 bits per heavy atom. The molecule has 7 heteroatoms. The predicted molar refractivity (Wildman–Crippen MR) is 67.2 cm³/mol. The molecule has 2 atom stereocenters. The van der Waals surface area contributed by atoms with Crippen LogP contribution in [0.1, 0.15) is 19.1 Å². The first-order chi connectivity index (χ1) is 8.70. The van der Waals surface area contributed by atoms with Crippen LogP contribution in [0, 0.1) is 0 Å². The minimum absolute atomic E-state index is 0.0283. The number of anilines is 1. The summed E-state index contributed by atoms with van der Waals surface area (Å²) in [6.45, 7) is 0.0283. The largest absolute Gasteiger partial charge is 0.394 e. The SMILES string of the molecule is Nc1ncnc2c1c(Cl)cn2C1CCC(CO)O1. The van der Waals surface area contributed by atoms with Crippen molar-refractivity contribution in [1.29, 1.82) is 0 Å². The molecule has 1 fully saturated rings. The van der Waals surface area contributed by atoms with Crippen LogP contribution in [0.2, 0.25) is 5.02 Å². The number of hydrogen-bond acceptors (Lipinski definition) is 5. The molecule has 0 amide bonds. The lowest BCUT2D eigenvalue weighted by atomic mass is 10.2. The Labute approximate surface area is 108 Å².